The molecular weight excluding hydrogens is 720 g/mol. The lowest BCUT2D eigenvalue weighted by Crippen LogP contribution is -2.42. The maximum absolute atomic E-state index is 14.1. The van der Waals surface area contributed by atoms with Gasteiger partial charge in [0.05, 0.1) is 40.3 Å². The van der Waals surface area contributed by atoms with Crippen LogP contribution in [0, 0.1) is 29.6 Å². The number of benzene rings is 3. The molecule has 0 spiro atoms. The number of imide groups is 1. The zero-order valence-electron chi connectivity index (χ0n) is 27.3. The number of nitrogens with one attached hydrogen (secondary N) is 2. The molecule has 268 valence electrons. The van der Waals surface area contributed by atoms with Gasteiger partial charge in [-0.1, -0.05) is 35.6 Å². The molecule has 2 bridgehead atoms. The number of esters is 1. The van der Waals surface area contributed by atoms with Crippen molar-refractivity contribution in [3.8, 4) is 5.75 Å². The van der Waals surface area contributed by atoms with E-state index in [9.17, 15) is 37.1 Å². The summed E-state index contributed by atoms with van der Waals surface area (Å²) in [6, 6.07) is 17.7. The average molecular weight is 750 g/mol. The van der Waals surface area contributed by atoms with Crippen LogP contribution in [0.5, 0.6) is 5.75 Å². The summed E-state index contributed by atoms with van der Waals surface area (Å²) < 4.78 is 51.8. The van der Waals surface area contributed by atoms with E-state index in [1.807, 2.05) is 12.1 Å². The maximum Gasteiger partial charge on any atom is 0.416 e. The molecule has 1 aromatic heterocycles. The van der Waals surface area contributed by atoms with E-state index in [1.54, 1.807) is 43.3 Å². The largest absolute Gasteiger partial charge is 0.483 e. The number of alkyl halides is 3. The van der Waals surface area contributed by atoms with E-state index < -0.39 is 53.2 Å². The number of thioether (sulfide) groups is 1. The Kier molecular flexibility index (Phi) is 8.52. The predicted molar refractivity (Wildman–Crippen MR) is 185 cm³/mol. The smallest absolute Gasteiger partial charge is 0.416 e. The predicted octanol–water partition coefficient (Wildman–Crippen LogP) is 6.33. The Balaban J connectivity index is 1.07. The third kappa shape index (κ3) is 5.70. The van der Waals surface area contributed by atoms with E-state index in [1.165, 1.54) is 23.9 Å². The third-order valence-electron chi connectivity index (χ3n) is 10.4. The highest BCUT2D eigenvalue weighted by molar-refractivity contribution is 8.00. The van der Waals surface area contributed by atoms with Crippen molar-refractivity contribution in [2.24, 2.45) is 29.6 Å². The highest BCUT2D eigenvalue weighted by Crippen LogP contribution is 2.69. The number of anilines is 2. The van der Waals surface area contributed by atoms with Gasteiger partial charge in [-0.15, -0.1) is 11.8 Å². The zero-order valence-corrected chi connectivity index (χ0v) is 29.0. The van der Waals surface area contributed by atoms with Gasteiger partial charge in [0.2, 0.25) is 11.8 Å². The molecule has 2 N–H and O–H groups in total. The van der Waals surface area contributed by atoms with Crippen LogP contribution >= 0.6 is 23.1 Å². The van der Waals surface area contributed by atoms with Gasteiger partial charge in [-0.25, -0.2) is 4.79 Å². The number of para-hydroxylation sites is 1. The second kappa shape index (κ2) is 13.0. The Bertz CT molecular complexity index is 2170. The summed E-state index contributed by atoms with van der Waals surface area (Å²) in [5, 5.41) is 3.26. The van der Waals surface area contributed by atoms with E-state index in [0.29, 0.717) is 28.4 Å². The molecule has 6 unspecified atom stereocenters. The zero-order chi connectivity index (χ0) is 36.5. The number of carbonyl (C=O) groups excluding carboxylic acids is 4. The van der Waals surface area contributed by atoms with Gasteiger partial charge in [0.25, 0.3) is 5.91 Å². The number of thiazole rings is 1. The monoisotopic (exact) mass is 749 g/mol. The molecule has 4 aromatic rings. The maximum atomic E-state index is 14.1. The molecule has 7 atom stereocenters. The van der Waals surface area contributed by atoms with Crippen molar-refractivity contribution < 1.29 is 41.8 Å². The van der Waals surface area contributed by atoms with E-state index in [0.717, 1.165) is 38.8 Å². The lowest BCUT2D eigenvalue weighted by Gasteiger charge is -2.43. The van der Waals surface area contributed by atoms with Gasteiger partial charge in [0.1, 0.15) is 5.75 Å². The molecule has 2 aliphatic heterocycles. The van der Waals surface area contributed by atoms with Gasteiger partial charge >= 0.3 is 17.0 Å². The molecule has 3 heterocycles. The molecule has 1 saturated heterocycles. The first-order chi connectivity index (χ1) is 24.9. The summed E-state index contributed by atoms with van der Waals surface area (Å²) in [5.74, 6) is -4.06. The van der Waals surface area contributed by atoms with E-state index >= 15 is 0 Å². The standard InChI is InChI=1S/C37H30F3N3O7S2/c1-2-49-35(47)17-10-12-19(13-11-17)41-25(44)16-50-24-9-4-3-8-21(24)26-27-22-15-23(30(27)51-32-31(26)52-36(48)42-32)29-28(22)33(45)43(34(29)46)20-7-5-6-18(14-20)37(38,39)40/h3-14,22-23,26-30H,2,15-16H2,1H3,(H,41,44)(H,42,48)/t22?,23?,26-,27?,28?,29?,30?/m1/s1. The fraction of sp³-hybridized carbons (Fsp3) is 0.324. The van der Waals surface area contributed by atoms with Gasteiger partial charge in [0, 0.05) is 27.3 Å². The van der Waals surface area contributed by atoms with E-state index in [4.69, 9.17) is 9.47 Å². The van der Waals surface area contributed by atoms with Crippen LogP contribution in [0.4, 0.5) is 24.5 Å². The summed E-state index contributed by atoms with van der Waals surface area (Å²) in [6.07, 6.45) is -4.06. The fourth-order valence-corrected chi connectivity index (χ4v) is 11.4. The number of H-pyrrole nitrogens is 1. The Labute approximate surface area is 302 Å². The number of amides is 3. The van der Waals surface area contributed by atoms with Crippen molar-refractivity contribution in [2.45, 2.75) is 35.7 Å². The molecule has 0 radical (unpaired) electrons. The molecule has 3 aromatic carbocycles. The second-order valence-electron chi connectivity index (χ2n) is 13.2. The highest BCUT2D eigenvalue weighted by Gasteiger charge is 2.70. The number of ether oxygens (including phenoxy) is 2. The van der Waals surface area contributed by atoms with Gasteiger partial charge in [0.15, 0.2) is 6.61 Å². The summed E-state index contributed by atoms with van der Waals surface area (Å²) >= 11 is 2.56. The second-order valence-corrected chi connectivity index (χ2v) is 15.4. The number of aromatic nitrogens is 1. The van der Waals surface area contributed by atoms with Crippen LogP contribution < -0.4 is 19.8 Å². The molecule has 2 aliphatic carbocycles. The van der Waals surface area contributed by atoms with E-state index in [2.05, 4.69) is 10.3 Å². The van der Waals surface area contributed by atoms with Crippen LogP contribution in [0.3, 0.4) is 0 Å². The summed E-state index contributed by atoms with van der Waals surface area (Å²) in [6.45, 7) is 1.60. The minimum absolute atomic E-state index is 0.0961. The van der Waals surface area contributed by atoms with Gasteiger partial charge in [-0.05, 0) is 79.6 Å². The molecular formula is C37H30F3N3O7S2. The molecule has 15 heteroatoms. The number of fused-ring (bicyclic) bond motifs is 9. The minimum atomic E-state index is -4.64. The first-order valence-corrected chi connectivity index (χ1v) is 18.4. The van der Waals surface area contributed by atoms with Crippen LogP contribution in [0.1, 0.15) is 45.6 Å². The first-order valence-electron chi connectivity index (χ1n) is 16.7. The number of carbonyl (C=O) groups is 4. The summed E-state index contributed by atoms with van der Waals surface area (Å²) in [5.41, 5.74) is 0.480. The third-order valence-corrected chi connectivity index (χ3v) is 13.0. The summed E-state index contributed by atoms with van der Waals surface area (Å²) in [7, 11) is 0. The number of rotatable bonds is 8. The van der Waals surface area contributed by atoms with E-state index in [-0.39, 0.29) is 46.8 Å². The molecule has 3 fully saturated rings. The van der Waals surface area contributed by atoms with Crippen LogP contribution in [-0.2, 0) is 25.3 Å². The van der Waals surface area contributed by atoms with Crippen molar-refractivity contribution in [3.05, 3.63) is 104 Å². The van der Waals surface area contributed by atoms with Crippen molar-refractivity contribution >= 4 is 58.2 Å². The number of aromatic amines is 1. The summed E-state index contributed by atoms with van der Waals surface area (Å²) in [4.78, 5) is 70.1. The quantitative estimate of drug-likeness (QED) is 0.158. The topological polar surface area (TPSA) is 135 Å². The molecule has 10 nitrogen and oxygen atoms in total. The SMILES string of the molecule is CCOC(=O)c1ccc(NC(=O)COc2ccccc2[C@H]2c3sc(=O)[nH]c3SC3C4CC(C5C(=O)N(c6cccc(C(F)(F)F)c6)C(=O)C45)C32)cc1. The average Bonchev–Trinajstić information content (AvgIpc) is 3.86. The Morgan fingerprint density at radius 2 is 1.69 bits per heavy atom. The number of hydrogen-bond acceptors (Lipinski definition) is 9. The normalized spacial score (nSPS) is 25.8. The highest BCUT2D eigenvalue weighted by atomic mass is 32.2. The van der Waals surface area contributed by atoms with Gasteiger partial charge in [-0.3, -0.25) is 24.1 Å². The Morgan fingerprint density at radius 1 is 0.962 bits per heavy atom. The molecule has 8 rings (SSSR count). The van der Waals surface area contributed by atoms with Crippen molar-refractivity contribution in [2.75, 3.05) is 23.4 Å². The number of hydrogen-bond donors (Lipinski definition) is 2. The first kappa shape index (κ1) is 34.2. The van der Waals surface area contributed by atoms with Gasteiger partial charge in [-0.2, -0.15) is 13.2 Å². The number of nitrogens with zero attached hydrogens (tertiary/aromatic N) is 1. The van der Waals surface area contributed by atoms with Crippen molar-refractivity contribution in [1.82, 2.24) is 4.98 Å². The molecule has 4 aliphatic rings. The van der Waals surface area contributed by atoms with Crippen LogP contribution in [0.2, 0.25) is 0 Å². The lowest BCUT2D eigenvalue weighted by atomic mass is 9.68. The van der Waals surface area contributed by atoms with Crippen LogP contribution in [0.25, 0.3) is 0 Å². The van der Waals surface area contributed by atoms with Crippen LogP contribution in [-0.4, -0.2) is 47.1 Å². The van der Waals surface area contributed by atoms with Crippen molar-refractivity contribution in [3.63, 3.8) is 0 Å². The lowest BCUT2D eigenvalue weighted by molar-refractivity contribution is -0.137. The number of halogens is 3. The Hall–Kier alpha value is -4.89. The molecule has 52 heavy (non-hydrogen) atoms. The Morgan fingerprint density at radius 3 is 2.42 bits per heavy atom. The molecule has 2 saturated carbocycles. The minimum Gasteiger partial charge on any atom is -0.483 e. The van der Waals surface area contributed by atoms with Crippen molar-refractivity contribution in [1.29, 1.82) is 0 Å². The fourth-order valence-electron chi connectivity index (χ4n) is 8.55. The van der Waals surface area contributed by atoms with Gasteiger partial charge < -0.3 is 19.8 Å². The molecule has 3 amide bonds. The van der Waals surface area contributed by atoms with Crippen LogP contribution in [0.15, 0.2) is 82.6 Å².